The number of morpholine rings is 1. The molecule has 31 heavy (non-hydrogen) atoms. The summed E-state index contributed by atoms with van der Waals surface area (Å²) in [6, 6.07) is 5.94. The molecule has 1 saturated heterocycles. The molecule has 1 aliphatic heterocycles. The van der Waals surface area contributed by atoms with Gasteiger partial charge in [0.15, 0.2) is 0 Å². The maximum Gasteiger partial charge on any atom is 0.331 e. The molecule has 2 aliphatic rings. The van der Waals surface area contributed by atoms with Crippen LogP contribution in [-0.2, 0) is 24.3 Å². The van der Waals surface area contributed by atoms with E-state index in [4.69, 9.17) is 9.47 Å². The third-order valence-corrected chi connectivity index (χ3v) is 8.00. The lowest BCUT2D eigenvalue weighted by molar-refractivity contribution is -0.150. The number of amides is 1. The third-order valence-electron chi connectivity index (χ3n) is 6.18. The molecule has 0 radical (unpaired) electrons. The van der Waals surface area contributed by atoms with Crippen LogP contribution in [0.4, 0.5) is 0 Å². The Morgan fingerprint density at radius 1 is 1.13 bits per heavy atom. The standard InChI is InChI=1S/C22H32N2O6S/c1-15-8-10-22(11-9-15,21(26)29-4)23-20(25)18-6-5-7-19(12-18)31(27,28)24-13-16(2)30-17(3)14-24/h5-7,12,15-17H,8-11,13-14H2,1-4H3,(H,23,25). The summed E-state index contributed by atoms with van der Waals surface area (Å²) in [5.74, 6) is -0.477. The average molecular weight is 453 g/mol. The number of ether oxygens (including phenoxy) is 2. The van der Waals surface area contributed by atoms with Crippen molar-refractivity contribution in [3.05, 3.63) is 29.8 Å². The highest BCUT2D eigenvalue weighted by atomic mass is 32.2. The van der Waals surface area contributed by atoms with Gasteiger partial charge in [0.1, 0.15) is 5.54 Å². The van der Waals surface area contributed by atoms with Crippen molar-refractivity contribution in [2.45, 2.75) is 69.1 Å². The van der Waals surface area contributed by atoms with Crippen LogP contribution in [0, 0.1) is 5.92 Å². The number of rotatable bonds is 5. The van der Waals surface area contributed by atoms with E-state index in [-0.39, 0.29) is 35.8 Å². The quantitative estimate of drug-likeness (QED) is 0.688. The zero-order valence-corrected chi connectivity index (χ0v) is 19.4. The van der Waals surface area contributed by atoms with Gasteiger partial charge < -0.3 is 14.8 Å². The van der Waals surface area contributed by atoms with Gasteiger partial charge in [-0.25, -0.2) is 13.2 Å². The first kappa shape index (κ1) is 23.7. The first-order chi connectivity index (χ1) is 14.6. The molecule has 2 atom stereocenters. The first-order valence-electron chi connectivity index (χ1n) is 10.7. The fourth-order valence-electron chi connectivity index (χ4n) is 4.39. The second-order valence-corrected chi connectivity index (χ2v) is 10.8. The van der Waals surface area contributed by atoms with Gasteiger partial charge in [-0.2, -0.15) is 4.31 Å². The Bertz CT molecular complexity index is 914. The van der Waals surface area contributed by atoms with Crippen molar-refractivity contribution in [2.24, 2.45) is 5.92 Å². The zero-order valence-electron chi connectivity index (χ0n) is 18.6. The van der Waals surface area contributed by atoms with Gasteiger partial charge >= 0.3 is 5.97 Å². The predicted molar refractivity (Wildman–Crippen MR) is 115 cm³/mol. The largest absolute Gasteiger partial charge is 0.467 e. The molecule has 1 aromatic carbocycles. The molecule has 1 aliphatic carbocycles. The molecule has 0 aromatic heterocycles. The normalized spacial score (nSPS) is 29.9. The number of hydrogen-bond donors (Lipinski definition) is 1. The fraction of sp³-hybridized carbons (Fsp3) is 0.636. The van der Waals surface area contributed by atoms with Gasteiger partial charge in [-0.05, 0) is 63.6 Å². The average Bonchev–Trinajstić information content (AvgIpc) is 2.74. The molecule has 1 amide bonds. The van der Waals surface area contributed by atoms with Gasteiger partial charge in [0, 0.05) is 18.7 Å². The number of benzene rings is 1. The summed E-state index contributed by atoms with van der Waals surface area (Å²) < 4.78 is 38.3. The lowest BCUT2D eigenvalue weighted by atomic mass is 9.77. The van der Waals surface area contributed by atoms with Crippen molar-refractivity contribution >= 4 is 21.9 Å². The van der Waals surface area contributed by atoms with E-state index in [2.05, 4.69) is 12.2 Å². The summed E-state index contributed by atoms with van der Waals surface area (Å²) in [6.07, 6.45) is 2.17. The molecule has 8 nitrogen and oxygen atoms in total. The minimum atomic E-state index is -3.78. The molecule has 9 heteroatoms. The van der Waals surface area contributed by atoms with Crippen molar-refractivity contribution in [3.8, 4) is 0 Å². The summed E-state index contributed by atoms with van der Waals surface area (Å²) in [4.78, 5) is 25.6. The van der Waals surface area contributed by atoms with Crippen molar-refractivity contribution in [1.82, 2.24) is 9.62 Å². The van der Waals surface area contributed by atoms with Crippen molar-refractivity contribution in [1.29, 1.82) is 0 Å². The predicted octanol–water partition coefficient (Wildman–Crippen LogP) is 2.34. The van der Waals surface area contributed by atoms with Crippen LogP contribution in [0.1, 0.15) is 56.8 Å². The first-order valence-corrected chi connectivity index (χ1v) is 12.2. The van der Waals surface area contributed by atoms with E-state index in [0.717, 1.165) is 12.8 Å². The number of carbonyl (C=O) groups excluding carboxylic acids is 2. The summed E-state index contributed by atoms with van der Waals surface area (Å²) in [5.41, 5.74) is -0.889. The van der Waals surface area contributed by atoms with E-state index >= 15 is 0 Å². The number of esters is 1. The van der Waals surface area contributed by atoms with E-state index in [1.54, 1.807) is 12.1 Å². The van der Waals surface area contributed by atoms with Crippen LogP contribution in [0.25, 0.3) is 0 Å². The van der Waals surface area contributed by atoms with E-state index in [1.165, 1.54) is 23.5 Å². The van der Waals surface area contributed by atoms with Crippen molar-refractivity contribution in [3.63, 3.8) is 0 Å². The van der Waals surface area contributed by atoms with E-state index < -0.39 is 27.4 Å². The van der Waals surface area contributed by atoms with Crippen LogP contribution >= 0.6 is 0 Å². The molecule has 0 bridgehead atoms. The summed E-state index contributed by atoms with van der Waals surface area (Å²) in [5, 5.41) is 2.85. The number of sulfonamides is 1. The molecule has 1 N–H and O–H groups in total. The number of carbonyl (C=O) groups is 2. The summed E-state index contributed by atoms with van der Waals surface area (Å²) in [6.45, 7) is 6.29. The summed E-state index contributed by atoms with van der Waals surface area (Å²) in [7, 11) is -2.47. The number of nitrogens with one attached hydrogen (secondary N) is 1. The SMILES string of the molecule is COC(=O)C1(NC(=O)c2cccc(S(=O)(=O)N3CC(C)OC(C)C3)c2)CCC(C)CC1. The van der Waals surface area contributed by atoms with E-state index in [0.29, 0.717) is 18.8 Å². The maximum atomic E-state index is 13.2. The highest BCUT2D eigenvalue weighted by Crippen LogP contribution is 2.33. The second kappa shape index (κ2) is 9.26. The molecule has 172 valence electrons. The number of hydrogen-bond acceptors (Lipinski definition) is 6. The third kappa shape index (κ3) is 5.10. The molecular formula is C22H32N2O6S. The molecule has 2 unspecified atom stereocenters. The van der Waals surface area contributed by atoms with Crippen LogP contribution in [0.3, 0.4) is 0 Å². The Morgan fingerprint density at radius 3 is 2.32 bits per heavy atom. The lowest BCUT2D eigenvalue weighted by Crippen LogP contribution is -2.56. The Balaban J connectivity index is 1.83. The van der Waals surface area contributed by atoms with Crippen molar-refractivity contribution in [2.75, 3.05) is 20.2 Å². The van der Waals surface area contributed by atoms with Crippen LogP contribution < -0.4 is 5.32 Å². The van der Waals surface area contributed by atoms with Gasteiger partial charge in [0.2, 0.25) is 10.0 Å². The van der Waals surface area contributed by atoms with Crippen LogP contribution in [0.5, 0.6) is 0 Å². The van der Waals surface area contributed by atoms with Crippen LogP contribution in [0.2, 0.25) is 0 Å². The summed E-state index contributed by atoms with van der Waals surface area (Å²) >= 11 is 0. The molecule has 1 aromatic rings. The highest BCUT2D eigenvalue weighted by Gasteiger charge is 2.43. The minimum absolute atomic E-state index is 0.0471. The second-order valence-electron chi connectivity index (χ2n) is 8.82. The topological polar surface area (TPSA) is 102 Å². The molecule has 3 rings (SSSR count). The molecular weight excluding hydrogens is 420 g/mol. The van der Waals surface area contributed by atoms with Gasteiger partial charge in [0.25, 0.3) is 5.91 Å². The van der Waals surface area contributed by atoms with Gasteiger partial charge in [0.05, 0.1) is 24.2 Å². The Labute approximate surface area is 184 Å². The molecule has 2 fully saturated rings. The Morgan fingerprint density at radius 2 is 1.74 bits per heavy atom. The van der Waals surface area contributed by atoms with E-state index in [1.807, 2.05) is 13.8 Å². The molecule has 1 heterocycles. The van der Waals surface area contributed by atoms with Crippen molar-refractivity contribution < 1.29 is 27.5 Å². The monoisotopic (exact) mass is 452 g/mol. The smallest absolute Gasteiger partial charge is 0.331 e. The minimum Gasteiger partial charge on any atom is -0.467 e. The van der Waals surface area contributed by atoms with Gasteiger partial charge in [-0.1, -0.05) is 13.0 Å². The van der Waals surface area contributed by atoms with Gasteiger partial charge in [-0.3, -0.25) is 4.79 Å². The Hall–Kier alpha value is -1.97. The molecule has 1 saturated carbocycles. The Kier molecular flexibility index (Phi) is 7.08. The molecule has 0 spiro atoms. The number of nitrogens with zero attached hydrogens (tertiary/aromatic N) is 1. The van der Waals surface area contributed by atoms with Crippen LogP contribution in [-0.4, -0.2) is 62.5 Å². The van der Waals surface area contributed by atoms with E-state index in [9.17, 15) is 18.0 Å². The zero-order chi connectivity index (χ0) is 22.8. The van der Waals surface area contributed by atoms with Gasteiger partial charge in [-0.15, -0.1) is 0 Å². The fourth-order valence-corrected chi connectivity index (χ4v) is 6.03. The maximum absolute atomic E-state index is 13.2. The lowest BCUT2D eigenvalue weighted by Gasteiger charge is -2.37. The number of methoxy groups -OCH3 is 1. The highest BCUT2D eigenvalue weighted by molar-refractivity contribution is 7.89. The van der Waals surface area contributed by atoms with Crippen LogP contribution in [0.15, 0.2) is 29.2 Å².